The summed E-state index contributed by atoms with van der Waals surface area (Å²) in [5.74, 6) is 1.43. The van der Waals surface area contributed by atoms with E-state index >= 15 is 0 Å². The number of aromatic nitrogens is 5. The van der Waals surface area contributed by atoms with Crippen LogP contribution in [0.2, 0.25) is 0 Å². The summed E-state index contributed by atoms with van der Waals surface area (Å²) in [4.78, 5) is 36.1. The number of amides is 1. The van der Waals surface area contributed by atoms with Gasteiger partial charge in [-0.25, -0.2) is 4.98 Å². The molecule has 3 aromatic heterocycles. The van der Waals surface area contributed by atoms with Gasteiger partial charge in [-0.15, -0.1) is 0 Å². The van der Waals surface area contributed by atoms with Crippen molar-refractivity contribution in [1.82, 2.24) is 30.2 Å². The van der Waals surface area contributed by atoms with E-state index in [2.05, 4.69) is 47.4 Å². The zero-order valence-corrected chi connectivity index (χ0v) is 21.1. The van der Waals surface area contributed by atoms with Crippen LogP contribution in [-0.4, -0.2) is 70.3 Å². The number of hydrogen-bond donors (Lipinski definition) is 2. The molecule has 1 aliphatic carbocycles. The molecule has 192 valence electrons. The minimum Gasteiger partial charge on any atom is -0.458 e. The number of nitrogens with one attached hydrogen (secondary N) is 2. The number of nitrogens with zero attached hydrogens (tertiary/aromatic N) is 5. The fraction of sp³-hybridized carbons (Fsp3) is 0.577. The first-order chi connectivity index (χ1) is 17.6. The third-order valence-corrected chi connectivity index (χ3v) is 7.28. The Morgan fingerprint density at radius 2 is 2.06 bits per heavy atom. The molecule has 2 N–H and O–H groups in total. The van der Waals surface area contributed by atoms with Crippen LogP contribution in [0.5, 0.6) is 6.01 Å². The number of pyridine rings is 1. The fourth-order valence-electron chi connectivity index (χ4n) is 5.05. The normalized spacial score (nSPS) is 17.7. The summed E-state index contributed by atoms with van der Waals surface area (Å²) in [6.45, 7) is 4.46. The molecule has 2 aliphatic rings. The molecule has 10 heteroatoms. The average Bonchev–Trinajstić information content (AvgIpc) is 3.29. The van der Waals surface area contributed by atoms with Gasteiger partial charge in [-0.05, 0) is 55.7 Å². The van der Waals surface area contributed by atoms with Crippen LogP contribution in [-0.2, 0) is 4.74 Å². The van der Waals surface area contributed by atoms with Crippen molar-refractivity contribution in [3.8, 4) is 6.01 Å². The van der Waals surface area contributed by atoms with E-state index < -0.39 is 0 Å². The summed E-state index contributed by atoms with van der Waals surface area (Å²) in [5, 5.41) is 4.16. The van der Waals surface area contributed by atoms with Crippen LogP contribution in [0.4, 0.5) is 5.95 Å². The minimum absolute atomic E-state index is 0.0954. The number of carbonyl (C=O) groups is 1. The molecule has 0 aromatic carbocycles. The number of fused-ring (bicyclic) bond motifs is 1. The van der Waals surface area contributed by atoms with E-state index in [1.807, 2.05) is 13.0 Å². The topological polar surface area (TPSA) is 118 Å². The number of piperidine rings is 1. The molecule has 1 saturated heterocycles. The Hall–Kier alpha value is -3.27. The van der Waals surface area contributed by atoms with Crippen LogP contribution < -0.4 is 15.0 Å². The predicted octanol–water partition coefficient (Wildman–Crippen LogP) is 3.47. The quantitative estimate of drug-likeness (QED) is 0.441. The van der Waals surface area contributed by atoms with Crippen molar-refractivity contribution < 1.29 is 14.3 Å². The van der Waals surface area contributed by atoms with Crippen molar-refractivity contribution in [3.63, 3.8) is 0 Å². The van der Waals surface area contributed by atoms with Crippen LogP contribution in [0.1, 0.15) is 67.5 Å². The van der Waals surface area contributed by atoms with Gasteiger partial charge >= 0.3 is 6.01 Å². The van der Waals surface area contributed by atoms with Crippen molar-refractivity contribution in [2.75, 3.05) is 38.3 Å². The van der Waals surface area contributed by atoms with E-state index in [4.69, 9.17) is 9.47 Å². The predicted molar refractivity (Wildman–Crippen MR) is 136 cm³/mol. The number of anilines is 1. The number of rotatable bonds is 10. The highest BCUT2D eigenvalue weighted by Gasteiger charge is 2.26. The van der Waals surface area contributed by atoms with Gasteiger partial charge in [0.2, 0.25) is 11.8 Å². The number of aromatic amines is 1. The van der Waals surface area contributed by atoms with E-state index in [1.54, 1.807) is 13.3 Å². The Labute approximate surface area is 211 Å². The standard InChI is InChI=1S/C26H35N7O3/c1-17(16-35-2)36-26-31-23(24(34)28-12-8-18-5-3-6-18)30-25(32-26)33-13-9-19(10-14-33)21-15-29-22-20(21)7-4-11-27-22/h4,7,11,15,17-19H,3,5-6,8-10,12-14,16H2,1-2H3,(H,27,29)(H,28,34)/t17-/m1/s1. The molecule has 1 aliphatic heterocycles. The molecule has 0 unspecified atom stereocenters. The number of H-pyrrole nitrogens is 1. The maximum Gasteiger partial charge on any atom is 0.322 e. The highest BCUT2D eigenvalue weighted by Crippen LogP contribution is 2.33. The van der Waals surface area contributed by atoms with Crippen LogP contribution in [0.15, 0.2) is 24.5 Å². The molecule has 0 spiro atoms. The van der Waals surface area contributed by atoms with Gasteiger partial charge in [-0.3, -0.25) is 4.79 Å². The molecule has 1 saturated carbocycles. The van der Waals surface area contributed by atoms with Gasteiger partial charge in [0.05, 0.1) is 6.61 Å². The van der Waals surface area contributed by atoms with Crippen molar-refractivity contribution >= 4 is 22.9 Å². The van der Waals surface area contributed by atoms with E-state index in [0.717, 1.165) is 43.9 Å². The second-order valence-electron chi connectivity index (χ2n) is 9.87. The average molecular weight is 494 g/mol. The summed E-state index contributed by atoms with van der Waals surface area (Å²) < 4.78 is 11.0. The molecular weight excluding hydrogens is 458 g/mol. The van der Waals surface area contributed by atoms with Crippen molar-refractivity contribution in [2.45, 2.75) is 57.5 Å². The van der Waals surface area contributed by atoms with Crippen LogP contribution in [0.3, 0.4) is 0 Å². The molecule has 36 heavy (non-hydrogen) atoms. The molecule has 1 atom stereocenters. The number of hydrogen-bond acceptors (Lipinski definition) is 8. The largest absolute Gasteiger partial charge is 0.458 e. The maximum atomic E-state index is 12.9. The second kappa shape index (κ2) is 11.2. The fourth-order valence-corrected chi connectivity index (χ4v) is 5.05. The molecule has 0 radical (unpaired) electrons. The molecule has 0 bridgehead atoms. The molecule has 5 rings (SSSR count). The Balaban J connectivity index is 1.29. The summed E-state index contributed by atoms with van der Waals surface area (Å²) in [7, 11) is 1.62. The number of carbonyl (C=O) groups excluding carboxylic acids is 1. The Kier molecular flexibility index (Phi) is 7.60. The maximum absolute atomic E-state index is 12.9. The lowest BCUT2D eigenvalue weighted by molar-refractivity contribution is 0.0838. The molecule has 10 nitrogen and oxygen atoms in total. The Morgan fingerprint density at radius 1 is 1.22 bits per heavy atom. The van der Waals surface area contributed by atoms with Crippen molar-refractivity contribution in [3.05, 3.63) is 35.9 Å². The first-order valence-corrected chi connectivity index (χ1v) is 13.0. The van der Waals surface area contributed by atoms with Gasteiger partial charge < -0.3 is 24.7 Å². The van der Waals surface area contributed by atoms with Gasteiger partial charge in [0.25, 0.3) is 5.91 Å². The lowest BCUT2D eigenvalue weighted by Crippen LogP contribution is -2.36. The number of methoxy groups -OCH3 is 1. The highest BCUT2D eigenvalue weighted by atomic mass is 16.5. The minimum atomic E-state index is -0.289. The van der Waals surface area contributed by atoms with E-state index in [-0.39, 0.29) is 23.8 Å². The van der Waals surface area contributed by atoms with Crippen LogP contribution >= 0.6 is 0 Å². The zero-order chi connectivity index (χ0) is 24.9. The highest BCUT2D eigenvalue weighted by molar-refractivity contribution is 5.90. The second-order valence-corrected chi connectivity index (χ2v) is 9.87. The Bertz CT molecular complexity index is 1170. The zero-order valence-electron chi connectivity index (χ0n) is 21.1. The SMILES string of the molecule is COC[C@@H](C)Oc1nc(C(=O)NCCC2CCC2)nc(N2CCC(c3c[nH]c4ncccc34)CC2)n1. The molecule has 1 amide bonds. The molecule has 4 heterocycles. The summed E-state index contributed by atoms with van der Waals surface area (Å²) in [6.07, 6.45) is 10.3. The van der Waals surface area contributed by atoms with Crippen LogP contribution in [0.25, 0.3) is 11.0 Å². The van der Waals surface area contributed by atoms with Gasteiger partial charge in [-0.2, -0.15) is 15.0 Å². The smallest absolute Gasteiger partial charge is 0.322 e. The van der Waals surface area contributed by atoms with Gasteiger partial charge in [0.1, 0.15) is 11.8 Å². The first kappa shape index (κ1) is 24.4. The third-order valence-electron chi connectivity index (χ3n) is 7.28. The summed E-state index contributed by atoms with van der Waals surface area (Å²) in [6, 6.07) is 4.25. The monoisotopic (exact) mass is 493 g/mol. The Morgan fingerprint density at radius 3 is 2.81 bits per heavy atom. The molecular formula is C26H35N7O3. The van der Waals surface area contributed by atoms with Crippen LogP contribution in [0, 0.1) is 5.92 Å². The van der Waals surface area contributed by atoms with E-state index in [1.165, 1.54) is 30.2 Å². The summed E-state index contributed by atoms with van der Waals surface area (Å²) in [5.41, 5.74) is 2.23. The lowest BCUT2D eigenvalue weighted by Gasteiger charge is -2.32. The summed E-state index contributed by atoms with van der Waals surface area (Å²) >= 11 is 0. The van der Waals surface area contributed by atoms with Gasteiger partial charge in [0, 0.05) is 44.5 Å². The van der Waals surface area contributed by atoms with E-state index in [9.17, 15) is 4.79 Å². The molecule has 3 aromatic rings. The van der Waals surface area contributed by atoms with Gasteiger partial charge in [-0.1, -0.05) is 19.3 Å². The molecule has 2 fully saturated rings. The number of ether oxygens (including phenoxy) is 2. The van der Waals surface area contributed by atoms with E-state index in [0.29, 0.717) is 25.0 Å². The third kappa shape index (κ3) is 5.59. The van der Waals surface area contributed by atoms with Crippen molar-refractivity contribution in [1.29, 1.82) is 0 Å². The lowest BCUT2D eigenvalue weighted by atomic mass is 9.83. The van der Waals surface area contributed by atoms with Gasteiger partial charge in [0.15, 0.2) is 0 Å². The first-order valence-electron chi connectivity index (χ1n) is 13.0. The van der Waals surface area contributed by atoms with Crippen molar-refractivity contribution in [2.24, 2.45) is 5.92 Å².